The number of rotatable bonds is 4. The Morgan fingerprint density at radius 2 is 1.93 bits per heavy atom. The molecule has 0 amide bonds. The van der Waals surface area contributed by atoms with Crippen molar-refractivity contribution in [3.05, 3.63) is 70.6 Å². The summed E-state index contributed by atoms with van der Waals surface area (Å²) in [7, 11) is 0. The first-order valence-corrected chi connectivity index (χ1v) is 8.97. The number of aliphatic imine (C=N–C) groups is 1. The average molecular weight is 381 g/mol. The van der Waals surface area contributed by atoms with Crippen LogP contribution in [0, 0.1) is 0 Å². The molecule has 0 fully saturated rings. The molecule has 136 valence electrons. The van der Waals surface area contributed by atoms with Crippen molar-refractivity contribution < 1.29 is 9.73 Å². The van der Waals surface area contributed by atoms with Gasteiger partial charge in [-0.3, -0.25) is 10.7 Å². The molecule has 1 aliphatic rings. The quantitative estimate of drug-likeness (QED) is 0.392. The van der Waals surface area contributed by atoms with Crippen molar-refractivity contribution in [3.63, 3.8) is 0 Å². The molecule has 0 radical (unpaired) electrons. The number of hydrogen-bond acceptors (Lipinski definition) is 5. The van der Waals surface area contributed by atoms with Gasteiger partial charge in [0.05, 0.1) is 5.70 Å². The monoisotopic (exact) mass is 380 g/mol. The summed E-state index contributed by atoms with van der Waals surface area (Å²) < 4.78 is 5.56. The fourth-order valence-electron chi connectivity index (χ4n) is 3.22. The van der Waals surface area contributed by atoms with Crippen molar-refractivity contribution in [2.24, 2.45) is 4.99 Å². The van der Waals surface area contributed by atoms with E-state index in [9.17, 15) is 0 Å². The number of nitrogens with zero attached hydrogens (tertiary/aromatic N) is 3. The Kier molecular flexibility index (Phi) is 5.00. The van der Waals surface area contributed by atoms with E-state index in [0.717, 1.165) is 41.7 Å². The van der Waals surface area contributed by atoms with Crippen molar-refractivity contribution in [1.82, 2.24) is 15.6 Å². The van der Waals surface area contributed by atoms with Crippen LogP contribution in [-0.2, 0) is 6.42 Å². The SMILES string of the molecule is ONC=NC1=C(c2nc(-c3ccc(Cl)cc3)no2)CCCc2ccccc21. The van der Waals surface area contributed by atoms with Gasteiger partial charge in [-0.25, -0.2) is 4.99 Å². The molecule has 1 aliphatic carbocycles. The summed E-state index contributed by atoms with van der Waals surface area (Å²) in [5.74, 6) is 0.928. The van der Waals surface area contributed by atoms with Crippen molar-refractivity contribution in [3.8, 4) is 11.4 Å². The second kappa shape index (κ2) is 7.73. The number of halogens is 1. The minimum Gasteiger partial charge on any atom is -0.334 e. The molecule has 1 heterocycles. The maximum atomic E-state index is 8.96. The predicted octanol–water partition coefficient (Wildman–Crippen LogP) is 4.60. The van der Waals surface area contributed by atoms with E-state index in [4.69, 9.17) is 21.3 Å². The van der Waals surface area contributed by atoms with Gasteiger partial charge in [0.15, 0.2) is 0 Å². The average Bonchev–Trinajstić information content (AvgIpc) is 3.10. The van der Waals surface area contributed by atoms with Gasteiger partial charge in [0.1, 0.15) is 6.34 Å². The third-order valence-corrected chi connectivity index (χ3v) is 4.72. The van der Waals surface area contributed by atoms with Crippen LogP contribution in [0.5, 0.6) is 0 Å². The Bertz CT molecular complexity index is 1010. The zero-order valence-electron chi connectivity index (χ0n) is 14.4. The lowest BCUT2D eigenvalue weighted by Gasteiger charge is -2.08. The summed E-state index contributed by atoms with van der Waals surface area (Å²) in [6.07, 6.45) is 3.86. The largest absolute Gasteiger partial charge is 0.334 e. The third kappa shape index (κ3) is 3.63. The summed E-state index contributed by atoms with van der Waals surface area (Å²) in [5, 5.41) is 13.7. The first-order valence-electron chi connectivity index (χ1n) is 8.60. The lowest BCUT2D eigenvalue weighted by atomic mass is 10.0. The summed E-state index contributed by atoms with van der Waals surface area (Å²) in [4.78, 5) is 8.97. The maximum Gasteiger partial charge on any atom is 0.256 e. The first-order chi connectivity index (χ1) is 13.3. The van der Waals surface area contributed by atoms with Crippen LogP contribution in [0.2, 0.25) is 5.02 Å². The van der Waals surface area contributed by atoms with E-state index < -0.39 is 0 Å². The molecule has 3 aromatic rings. The molecule has 0 saturated heterocycles. The van der Waals surface area contributed by atoms with Crippen LogP contribution in [0.3, 0.4) is 0 Å². The van der Waals surface area contributed by atoms with Gasteiger partial charge in [-0.15, -0.1) is 0 Å². The third-order valence-electron chi connectivity index (χ3n) is 4.47. The number of allylic oxidation sites excluding steroid dienone is 1. The normalized spacial score (nSPS) is 14.3. The van der Waals surface area contributed by atoms with Crippen LogP contribution in [-0.4, -0.2) is 21.7 Å². The number of fused-ring (bicyclic) bond motifs is 1. The topological polar surface area (TPSA) is 83.5 Å². The van der Waals surface area contributed by atoms with Gasteiger partial charge >= 0.3 is 0 Å². The molecule has 0 bridgehead atoms. The molecule has 0 atom stereocenters. The minimum absolute atomic E-state index is 0.432. The lowest BCUT2D eigenvalue weighted by molar-refractivity contribution is 0.240. The van der Waals surface area contributed by atoms with Crippen molar-refractivity contribution >= 4 is 29.2 Å². The number of hydroxylamine groups is 1. The van der Waals surface area contributed by atoms with Gasteiger partial charge in [-0.05, 0) is 49.1 Å². The second-order valence-corrected chi connectivity index (χ2v) is 6.59. The molecule has 7 heteroatoms. The molecule has 0 aliphatic heterocycles. The predicted molar refractivity (Wildman–Crippen MR) is 104 cm³/mol. The Hall–Kier alpha value is -2.96. The highest BCUT2D eigenvalue weighted by Crippen LogP contribution is 2.36. The fourth-order valence-corrected chi connectivity index (χ4v) is 3.34. The van der Waals surface area contributed by atoms with Crippen LogP contribution in [0.25, 0.3) is 22.7 Å². The van der Waals surface area contributed by atoms with E-state index in [1.165, 1.54) is 11.9 Å². The number of benzene rings is 2. The molecule has 1 aromatic heterocycles. The van der Waals surface area contributed by atoms with E-state index in [1.807, 2.05) is 35.8 Å². The molecule has 4 rings (SSSR count). The van der Waals surface area contributed by atoms with Crippen LogP contribution >= 0.6 is 11.6 Å². The van der Waals surface area contributed by atoms with Gasteiger partial charge in [0.25, 0.3) is 5.89 Å². The molecule has 2 N–H and O–H groups in total. The molecular formula is C20H17ClN4O2. The first kappa shape index (κ1) is 17.5. The molecule has 2 aromatic carbocycles. The van der Waals surface area contributed by atoms with Crippen molar-refractivity contribution in [1.29, 1.82) is 0 Å². The van der Waals surface area contributed by atoms with E-state index >= 15 is 0 Å². The number of aromatic nitrogens is 2. The van der Waals surface area contributed by atoms with Crippen LogP contribution in [0.1, 0.15) is 29.9 Å². The molecular weight excluding hydrogens is 364 g/mol. The zero-order valence-corrected chi connectivity index (χ0v) is 15.1. The van der Waals surface area contributed by atoms with Gasteiger partial charge < -0.3 is 4.52 Å². The van der Waals surface area contributed by atoms with Crippen LogP contribution in [0.15, 0.2) is 58.0 Å². The number of nitrogens with one attached hydrogen (secondary N) is 1. The zero-order chi connectivity index (χ0) is 18.6. The Morgan fingerprint density at radius 3 is 2.74 bits per heavy atom. The molecule has 0 saturated carbocycles. The highest BCUT2D eigenvalue weighted by Gasteiger charge is 2.22. The van der Waals surface area contributed by atoms with Crippen LogP contribution < -0.4 is 5.48 Å². The maximum absolute atomic E-state index is 8.96. The summed E-state index contributed by atoms with van der Waals surface area (Å²) >= 11 is 5.95. The highest BCUT2D eigenvalue weighted by molar-refractivity contribution is 6.30. The summed E-state index contributed by atoms with van der Waals surface area (Å²) in [6.45, 7) is 0. The number of aryl methyl sites for hydroxylation is 1. The summed E-state index contributed by atoms with van der Waals surface area (Å²) in [6, 6.07) is 15.4. The Morgan fingerprint density at radius 1 is 1.11 bits per heavy atom. The van der Waals surface area contributed by atoms with Crippen molar-refractivity contribution in [2.45, 2.75) is 19.3 Å². The number of hydrogen-bond donors (Lipinski definition) is 2. The minimum atomic E-state index is 0.432. The Balaban J connectivity index is 1.81. The molecule has 0 spiro atoms. The van der Waals surface area contributed by atoms with E-state index in [2.05, 4.69) is 21.2 Å². The molecule has 27 heavy (non-hydrogen) atoms. The van der Waals surface area contributed by atoms with Crippen LogP contribution in [0.4, 0.5) is 0 Å². The Labute approximate surface area is 161 Å². The lowest BCUT2D eigenvalue weighted by Crippen LogP contribution is -2.03. The molecule has 0 unspecified atom stereocenters. The van der Waals surface area contributed by atoms with Gasteiger partial charge in [0, 0.05) is 21.7 Å². The fraction of sp³-hybridized carbons (Fsp3) is 0.150. The van der Waals surface area contributed by atoms with Gasteiger partial charge in [-0.2, -0.15) is 4.98 Å². The molecule has 6 nitrogen and oxygen atoms in total. The van der Waals surface area contributed by atoms with E-state index in [-0.39, 0.29) is 0 Å². The van der Waals surface area contributed by atoms with E-state index in [1.54, 1.807) is 12.1 Å². The standard InChI is InChI=1S/C20H17ClN4O2/c21-15-10-8-14(9-11-15)19-24-20(27-25-19)17-7-3-5-13-4-1-2-6-16(13)18(17)22-12-23-26/h1-2,4,6,8-12,26H,3,5,7H2,(H,22,23). The smallest absolute Gasteiger partial charge is 0.256 e. The second-order valence-electron chi connectivity index (χ2n) is 6.16. The van der Waals surface area contributed by atoms with Gasteiger partial charge in [0.2, 0.25) is 5.82 Å². The highest BCUT2D eigenvalue weighted by atomic mass is 35.5. The van der Waals surface area contributed by atoms with Gasteiger partial charge in [-0.1, -0.05) is 41.0 Å². The van der Waals surface area contributed by atoms with Crippen molar-refractivity contribution in [2.75, 3.05) is 0 Å². The van der Waals surface area contributed by atoms with E-state index in [0.29, 0.717) is 16.7 Å². The summed E-state index contributed by atoms with van der Waals surface area (Å²) in [5.41, 5.74) is 6.58.